The molecule has 1 atom stereocenters. The fourth-order valence-electron chi connectivity index (χ4n) is 2.33. The van der Waals surface area contributed by atoms with Gasteiger partial charge in [-0.15, -0.1) is 0 Å². The third-order valence-corrected chi connectivity index (χ3v) is 3.46. The topological polar surface area (TPSA) is 12.0 Å². The van der Waals surface area contributed by atoms with E-state index in [0.29, 0.717) is 0 Å². The molecule has 0 aliphatic heterocycles. The fourth-order valence-corrected chi connectivity index (χ4v) is 2.33. The molecule has 0 bridgehead atoms. The zero-order chi connectivity index (χ0) is 14.4. The van der Waals surface area contributed by atoms with E-state index in [1.807, 2.05) is 24.3 Å². The van der Waals surface area contributed by atoms with Crippen molar-refractivity contribution in [1.29, 1.82) is 0 Å². The molecule has 1 nitrogen and oxygen atoms in total. The molecule has 0 aromatic heterocycles. The predicted octanol–water partition coefficient (Wildman–Crippen LogP) is 5.14. The Bertz CT molecular complexity index is 584. The lowest BCUT2D eigenvalue weighted by atomic mass is 9.93. The van der Waals surface area contributed by atoms with Gasteiger partial charge in [-0.1, -0.05) is 68.6 Å². The van der Waals surface area contributed by atoms with E-state index in [1.165, 1.54) is 11.1 Å². The standard InChI is InChI=1S/C19H21N/c1-4-15(3)19(20-17-12-7-6-8-13-17)18-14-10-9-11-16(18)5-2/h4,6-14,19-20H,1,3,5H2,2H3. The van der Waals surface area contributed by atoms with Gasteiger partial charge in [0.15, 0.2) is 0 Å². The minimum Gasteiger partial charge on any atom is -0.374 e. The van der Waals surface area contributed by atoms with E-state index in [4.69, 9.17) is 0 Å². The fraction of sp³-hybridized carbons (Fsp3) is 0.158. The van der Waals surface area contributed by atoms with Crippen LogP contribution in [0.4, 0.5) is 5.69 Å². The summed E-state index contributed by atoms with van der Waals surface area (Å²) in [7, 11) is 0. The van der Waals surface area contributed by atoms with Crippen LogP contribution >= 0.6 is 0 Å². The van der Waals surface area contributed by atoms with Crippen LogP contribution in [0.15, 0.2) is 79.4 Å². The molecule has 0 amide bonds. The van der Waals surface area contributed by atoms with Gasteiger partial charge in [0.25, 0.3) is 0 Å². The minimum atomic E-state index is 0.0612. The number of rotatable bonds is 6. The Kier molecular flexibility index (Phi) is 4.78. The number of anilines is 1. The normalized spacial score (nSPS) is 11.7. The van der Waals surface area contributed by atoms with Gasteiger partial charge in [-0.3, -0.25) is 0 Å². The summed E-state index contributed by atoms with van der Waals surface area (Å²) in [6.45, 7) is 10.2. The molecule has 1 unspecified atom stereocenters. The number of nitrogens with one attached hydrogen (secondary N) is 1. The Hall–Kier alpha value is -2.28. The van der Waals surface area contributed by atoms with Gasteiger partial charge < -0.3 is 5.32 Å². The first-order valence-corrected chi connectivity index (χ1v) is 6.97. The van der Waals surface area contributed by atoms with Crippen molar-refractivity contribution in [3.05, 3.63) is 90.5 Å². The van der Waals surface area contributed by atoms with Crippen molar-refractivity contribution in [3.63, 3.8) is 0 Å². The molecule has 0 aliphatic carbocycles. The molecule has 2 aromatic carbocycles. The predicted molar refractivity (Wildman–Crippen MR) is 88.0 cm³/mol. The van der Waals surface area contributed by atoms with Crippen molar-refractivity contribution in [1.82, 2.24) is 0 Å². The second kappa shape index (κ2) is 6.76. The maximum absolute atomic E-state index is 4.14. The summed E-state index contributed by atoms with van der Waals surface area (Å²) in [5.41, 5.74) is 4.67. The van der Waals surface area contributed by atoms with Gasteiger partial charge in [0.2, 0.25) is 0 Å². The number of benzene rings is 2. The average molecular weight is 263 g/mol. The van der Waals surface area contributed by atoms with Crippen molar-refractivity contribution in [2.75, 3.05) is 5.32 Å². The molecule has 1 N–H and O–H groups in total. The molecular formula is C19H21N. The second-order valence-electron chi connectivity index (χ2n) is 4.77. The Labute approximate surface area is 121 Å². The lowest BCUT2D eigenvalue weighted by Crippen LogP contribution is -2.14. The summed E-state index contributed by atoms with van der Waals surface area (Å²) in [5.74, 6) is 0. The minimum absolute atomic E-state index is 0.0612. The molecule has 2 aromatic rings. The number of hydrogen-bond acceptors (Lipinski definition) is 1. The van der Waals surface area contributed by atoms with E-state index in [0.717, 1.165) is 17.7 Å². The first-order valence-electron chi connectivity index (χ1n) is 6.97. The smallest absolute Gasteiger partial charge is 0.0764 e. The molecule has 0 radical (unpaired) electrons. The molecule has 20 heavy (non-hydrogen) atoms. The third-order valence-electron chi connectivity index (χ3n) is 3.46. The van der Waals surface area contributed by atoms with Gasteiger partial charge in [0.05, 0.1) is 6.04 Å². The molecule has 0 heterocycles. The number of aryl methyl sites for hydroxylation is 1. The van der Waals surface area contributed by atoms with Gasteiger partial charge in [0.1, 0.15) is 0 Å². The SMILES string of the molecule is C=CC(=C)C(Nc1ccccc1)c1ccccc1CC. The highest BCUT2D eigenvalue weighted by atomic mass is 14.9. The third kappa shape index (κ3) is 3.18. The average Bonchev–Trinajstić information content (AvgIpc) is 2.53. The van der Waals surface area contributed by atoms with Gasteiger partial charge in [0, 0.05) is 5.69 Å². The van der Waals surface area contributed by atoms with Gasteiger partial charge >= 0.3 is 0 Å². The van der Waals surface area contributed by atoms with Crippen LogP contribution in [0.3, 0.4) is 0 Å². The Morgan fingerprint density at radius 3 is 2.40 bits per heavy atom. The number of para-hydroxylation sites is 1. The summed E-state index contributed by atoms with van der Waals surface area (Å²) >= 11 is 0. The number of hydrogen-bond donors (Lipinski definition) is 1. The molecule has 0 aliphatic rings. The Morgan fingerprint density at radius 1 is 1.10 bits per heavy atom. The van der Waals surface area contributed by atoms with Crippen LogP contribution in [0, 0.1) is 0 Å². The second-order valence-corrected chi connectivity index (χ2v) is 4.77. The Morgan fingerprint density at radius 2 is 1.75 bits per heavy atom. The highest BCUT2D eigenvalue weighted by molar-refractivity contribution is 5.50. The lowest BCUT2D eigenvalue weighted by molar-refractivity contribution is 0.911. The van der Waals surface area contributed by atoms with Crippen molar-refractivity contribution in [2.45, 2.75) is 19.4 Å². The van der Waals surface area contributed by atoms with E-state index in [1.54, 1.807) is 0 Å². The van der Waals surface area contributed by atoms with E-state index >= 15 is 0 Å². The monoisotopic (exact) mass is 263 g/mol. The van der Waals surface area contributed by atoms with Crippen LogP contribution in [0.25, 0.3) is 0 Å². The van der Waals surface area contributed by atoms with Crippen molar-refractivity contribution in [3.8, 4) is 0 Å². The van der Waals surface area contributed by atoms with Crippen molar-refractivity contribution >= 4 is 5.69 Å². The van der Waals surface area contributed by atoms with Crippen LogP contribution < -0.4 is 5.32 Å². The van der Waals surface area contributed by atoms with Crippen LogP contribution in [-0.2, 0) is 6.42 Å². The van der Waals surface area contributed by atoms with Crippen LogP contribution in [0.1, 0.15) is 24.1 Å². The van der Waals surface area contributed by atoms with E-state index in [9.17, 15) is 0 Å². The maximum Gasteiger partial charge on any atom is 0.0764 e. The van der Waals surface area contributed by atoms with Crippen LogP contribution in [-0.4, -0.2) is 0 Å². The lowest BCUT2D eigenvalue weighted by Gasteiger charge is -2.23. The molecule has 2 rings (SSSR count). The largest absolute Gasteiger partial charge is 0.374 e. The summed E-state index contributed by atoms with van der Waals surface area (Å²) in [6, 6.07) is 18.8. The highest BCUT2D eigenvalue weighted by Crippen LogP contribution is 2.28. The maximum atomic E-state index is 4.14. The molecule has 0 fully saturated rings. The van der Waals surface area contributed by atoms with E-state index in [-0.39, 0.29) is 6.04 Å². The zero-order valence-corrected chi connectivity index (χ0v) is 12.0. The molecule has 0 saturated heterocycles. The molecular weight excluding hydrogens is 242 g/mol. The zero-order valence-electron chi connectivity index (χ0n) is 12.0. The molecule has 102 valence electrons. The summed E-state index contributed by atoms with van der Waals surface area (Å²) < 4.78 is 0. The van der Waals surface area contributed by atoms with E-state index in [2.05, 4.69) is 61.8 Å². The first kappa shape index (κ1) is 14.1. The van der Waals surface area contributed by atoms with Gasteiger partial charge in [-0.25, -0.2) is 0 Å². The van der Waals surface area contributed by atoms with E-state index < -0.39 is 0 Å². The molecule has 0 spiro atoms. The van der Waals surface area contributed by atoms with Gasteiger partial charge in [-0.05, 0) is 35.3 Å². The van der Waals surface area contributed by atoms with Crippen molar-refractivity contribution < 1.29 is 0 Å². The van der Waals surface area contributed by atoms with Gasteiger partial charge in [-0.2, -0.15) is 0 Å². The van der Waals surface area contributed by atoms with Crippen LogP contribution in [0.5, 0.6) is 0 Å². The quantitative estimate of drug-likeness (QED) is 0.711. The molecule has 0 saturated carbocycles. The first-order chi connectivity index (χ1) is 9.76. The summed E-state index contributed by atoms with van der Waals surface area (Å²) in [5, 5.41) is 3.55. The van der Waals surface area contributed by atoms with Crippen molar-refractivity contribution in [2.24, 2.45) is 0 Å². The van der Waals surface area contributed by atoms with Crippen LogP contribution in [0.2, 0.25) is 0 Å². The Balaban J connectivity index is 2.37. The summed E-state index contributed by atoms with van der Waals surface area (Å²) in [4.78, 5) is 0. The molecule has 1 heteroatoms. The summed E-state index contributed by atoms with van der Waals surface area (Å²) in [6.07, 6.45) is 2.83. The highest BCUT2D eigenvalue weighted by Gasteiger charge is 2.15.